The Morgan fingerprint density at radius 1 is 1.50 bits per heavy atom. The Morgan fingerprint density at radius 2 is 2.20 bits per heavy atom. The smallest absolute Gasteiger partial charge is 0.255 e. The standard InChI is InChI=1S/C15H18ClN3O/c1-9-8-12(16)19-7-6-11(13(19)17-9)14(20)18-15(2,3)10-4-5-10/h6-8,10H,4-5H2,1-3H3,(H,18,20). The quantitative estimate of drug-likeness (QED) is 0.883. The summed E-state index contributed by atoms with van der Waals surface area (Å²) in [6.07, 6.45) is 4.16. The van der Waals surface area contributed by atoms with Crippen LogP contribution in [0.25, 0.3) is 5.65 Å². The summed E-state index contributed by atoms with van der Waals surface area (Å²) in [5.74, 6) is 0.497. The second-order valence-corrected chi connectivity index (χ2v) is 6.48. The van der Waals surface area contributed by atoms with E-state index in [0.717, 1.165) is 5.69 Å². The van der Waals surface area contributed by atoms with Crippen LogP contribution in [0.3, 0.4) is 0 Å². The Kier molecular flexibility index (Phi) is 3.01. The Morgan fingerprint density at radius 3 is 2.85 bits per heavy atom. The highest BCUT2D eigenvalue weighted by Gasteiger charge is 2.39. The summed E-state index contributed by atoms with van der Waals surface area (Å²) < 4.78 is 1.73. The average Bonchev–Trinajstić information content (AvgIpc) is 3.10. The number of carbonyl (C=O) groups excluding carboxylic acids is 1. The highest BCUT2D eigenvalue weighted by molar-refractivity contribution is 6.29. The molecule has 0 aromatic carbocycles. The lowest BCUT2D eigenvalue weighted by molar-refractivity contribution is 0.0905. The lowest BCUT2D eigenvalue weighted by Crippen LogP contribution is -2.45. The number of amides is 1. The first kappa shape index (κ1) is 13.4. The van der Waals surface area contributed by atoms with Crippen molar-refractivity contribution in [3.05, 3.63) is 34.7 Å². The van der Waals surface area contributed by atoms with Crippen molar-refractivity contribution in [1.82, 2.24) is 14.7 Å². The number of carbonyl (C=O) groups is 1. The molecule has 4 nitrogen and oxygen atoms in total. The number of nitrogens with one attached hydrogen (secondary N) is 1. The van der Waals surface area contributed by atoms with E-state index in [0.29, 0.717) is 22.3 Å². The van der Waals surface area contributed by atoms with Crippen molar-refractivity contribution < 1.29 is 4.79 Å². The minimum atomic E-state index is -0.168. The van der Waals surface area contributed by atoms with Crippen molar-refractivity contribution in [2.45, 2.75) is 39.2 Å². The van der Waals surface area contributed by atoms with Gasteiger partial charge in [0.1, 0.15) is 5.15 Å². The first-order valence-corrected chi connectivity index (χ1v) is 7.23. The molecule has 2 aromatic heterocycles. The van der Waals surface area contributed by atoms with Gasteiger partial charge in [-0.15, -0.1) is 0 Å². The van der Waals surface area contributed by atoms with Gasteiger partial charge in [-0.1, -0.05) is 11.6 Å². The number of aryl methyl sites for hydroxylation is 1. The molecule has 1 aliphatic carbocycles. The summed E-state index contributed by atoms with van der Waals surface area (Å²) >= 11 is 6.17. The van der Waals surface area contributed by atoms with Gasteiger partial charge >= 0.3 is 0 Å². The van der Waals surface area contributed by atoms with Gasteiger partial charge in [-0.25, -0.2) is 4.98 Å². The number of halogens is 1. The molecule has 0 saturated heterocycles. The Bertz CT molecular complexity index is 686. The summed E-state index contributed by atoms with van der Waals surface area (Å²) in [5, 5.41) is 3.68. The van der Waals surface area contributed by atoms with E-state index in [4.69, 9.17) is 11.6 Å². The number of nitrogens with zero attached hydrogens (tertiary/aromatic N) is 2. The Hall–Kier alpha value is -1.55. The van der Waals surface area contributed by atoms with Crippen LogP contribution in [0.5, 0.6) is 0 Å². The molecule has 2 aromatic rings. The van der Waals surface area contributed by atoms with Crippen molar-refractivity contribution in [1.29, 1.82) is 0 Å². The highest BCUT2D eigenvalue weighted by atomic mass is 35.5. The zero-order valence-electron chi connectivity index (χ0n) is 11.9. The summed E-state index contributed by atoms with van der Waals surface area (Å²) in [4.78, 5) is 16.9. The Balaban J connectivity index is 1.95. The summed E-state index contributed by atoms with van der Waals surface area (Å²) in [6, 6.07) is 3.55. The largest absolute Gasteiger partial charge is 0.347 e. The molecule has 0 bridgehead atoms. The Labute approximate surface area is 123 Å². The molecule has 0 radical (unpaired) electrons. The van der Waals surface area contributed by atoms with Crippen LogP contribution in [-0.2, 0) is 0 Å². The molecule has 5 heteroatoms. The van der Waals surface area contributed by atoms with E-state index in [1.54, 1.807) is 22.7 Å². The van der Waals surface area contributed by atoms with Gasteiger partial charge < -0.3 is 5.32 Å². The van der Waals surface area contributed by atoms with E-state index in [9.17, 15) is 4.79 Å². The molecule has 1 saturated carbocycles. The molecular formula is C15H18ClN3O. The molecule has 1 aliphatic rings. The summed E-state index contributed by atoms with van der Waals surface area (Å²) in [5.41, 5.74) is 1.82. The number of hydrogen-bond acceptors (Lipinski definition) is 2. The number of rotatable bonds is 3. The first-order valence-electron chi connectivity index (χ1n) is 6.85. The highest BCUT2D eigenvalue weighted by Crippen LogP contribution is 2.39. The second-order valence-electron chi connectivity index (χ2n) is 6.09. The van der Waals surface area contributed by atoms with Crippen LogP contribution in [-0.4, -0.2) is 20.8 Å². The topological polar surface area (TPSA) is 46.4 Å². The molecule has 1 amide bonds. The van der Waals surface area contributed by atoms with Crippen molar-refractivity contribution in [2.24, 2.45) is 5.92 Å². The normalized spacial score (nSPS) is 15.6. The minimum Gasteiger partial charge on any atom is -0.347 e. The molecular weight excluding hydrogens is 274 g/mol. The van der Waals surface area contributed by atoms with Crippen LogP contribution in [0.1, 0.15) is 42.7 Å². The van der Waals surface area contributed by atoms with Crippen molar-refractivity contribution in [3.63, 3.8) is 0 Å². The molecule has 0 aliphatic heterocycles. The molecule has 0 spiro atoms. The van der Waals surface area contributed by atoms with Crippen molar-refractivity contribution >= 4 is 23.2 Å². The van der Waals surface area contributed by atoms with Crippen LogP contribution in [0.4, 0.5) is 0 Å². The van der Waals surface area contributed by atoms with E-state index >= 15 is 0 Å². The minimum absolute atomic E-state index is 0.0847. The maximum atomic E-state index is 12.5. The van der Waals surface area contributed by atoms with E-state index in [2.05, 4.69) is 24.1 Å². The SMILES string of the molecule is Cc1cc(Cl)n2ccc(C(=O)NC(C)(C)C3CC3)c2n1. The third kappa shape index (κ3) is 2.29. The van der Waals surface area contributed by atoms with Gasteiger partial charge in [0, 0.05) is 17.4 Å². The summed E-state index contributed by atoms with van der Waals surface area (Å²) in [7, 11) is 0. The van der Waals surface area contributed by atoms with E-state index in [1.807, 2.05) is 6.92 Å². The van der Waals surface area contributed by atoms with Crippen LogP contribution in [0.15, 0.2) is 18.3 Å². The van der Waals surface area contributed by atoms with E-state index < -0.39 is 0 Å². The van der Waals surface area contributed by atoms with E-state index in [1.165, 1.54) is 12.8 Å². The van der Waals surface area contributed by atoms with Gasteiger partial charge in [0.25, 0.3) is 5.91 Å². The van der Waals surface area contributed by atoms with Crippen molar-refractivity contribution in [3.8, 4) is 0 Å². The van der Waals surface area contributed by atoms with Crippen molar-refractivity contribution in [2.75, 3.05) is 0 Å². The number of aromatic nitrogens is 2. The average molecular weight is 292 g/mol. The molecule has 20 heavy (non-hydrogen) atoms. The first-order chi connectivity index (χ1) is 9.38. The molecule has 0 atom stereocenters. The van der Waals surface area contributed by atoms with Crippen LogP contribution < -0.4 is 5.32 Å². The van der Waals surface area contributed by atoms with Gasteiger partial charge in [0.15, 0.2) is 5.65 Å². The van der Waals surface area contributed by atoms with Gasteiger partial charge in [-0.3, -0.25) is 9.20 Å². The second kappa shape index (κ2) is 4.48. The fourth-order valence-corrected chi connectivity index (χ4v) is 2.89. The number of fused-ring (bicyclic) bond motifs is 1. The summed E-state index contributed by atoms with van der Waals surface area (Å²) in [6.45, 7) is 6.02. The fraction of sp³-hybridized carbons (Fsp3) is 0.467. The predicted octanol–water partition coefficient (Wildman–Crippen LogP) is 3.21. The number of hydrogen-bond donors (Lipinski definition) is 1. The van der Waals surface area contributed by atoms with E-state index in [-0.39, 0.29) is 11.4 Å². The van der Waals surface area contributed by atoms with Gasteiger partial charge in [0.05, 0.1) is 5.56 Å². The van der Waals surface area contributed by atoms with Crippen LogP contribution in [0, 0.1) is 12.8 Å². The van der Waals surface area contributed by atoms with Crippen LogP contribution in [0.2, 0.25) is 5.15 Å². The zero-order chi connectivity index (χ0) is 14.5. The molecule has 1 N–H and O–H groups in total. The molecule has 0 unspecified atom stereocenters. The zero-order valence-corrected chi connectivity index (χ0v) is 12.7. The lowest BCUT2D eigenvalue weighted by Gasteiger charge is -2.25. The third-order valence-corrected chi connectivity index (χ3v) is 4.27. The van der Waals surface area contributed by atoms with Gasteiger partial charge in [-0.05, 0) is 51.7 Å². The van der Waals surface area contributed by atoms with Gasteiger partial charge in [0.2, 0.25) is 0 Å². The molecule has 3 rings (SSSR count). The molecule has 2 heterocycles. The van der Waals surface area contributed by atoms with Gasteiger partial charge in [-0.2, -0.15) is 0 Å². The maximum absolute atomic E-state index is 12.5. The monoisotopic (exact) mass is 291 g/mol. The van der Waals surface area contributed by atoms with Crippen LogP contribution >= 0.6 is 11.6 Å². The lowest BCUT2D eigenvalue weighted by atomic mass is 9.98. The fourth-order valence-electron chi connectivity index (χ4n) is 2.60. The molecule has 106 valence electrons. The maximum Gasteiger partial charge on any atom is 0.255 e. The third-order valence-electron chi connectivity index (χ3n) is 3.98. The molecule has 1 fully saturated rings. The predicted molar refractivity (Wildman–Crippen MR) is 79.2 cm³/mol.